The van der Waals surface area contributed by atoms with E-state index in [1.807, 2.05) is 0 Å². The summed E-state index contributed by atoms with van der Waals surface area (Å²) in [5, 5.41) is 0. The largest absolute Gasteiger partial charge is 0.271 e. The van der Waals surface area contributed by atoms with Crippen molar-refractivity contribution in [3.63, 3.8) is 0 Å². The fraction of sp³-hybridized carbons (Fsp3) is 0.111. The molecule has 1 aromatic carbocycles. The smallest absolute Gasteiger partial charge is 0.271 e. The third kappa shape index (κ3) is 3.12. The van der Waals surface area contributed by atoms with E-state index in [9.17, 15) is 18.0 Å². The number of nitrogens with zero attached hydrogens (tertiary/aromatic N) is 1. The zero-order valence-corrected chi connectivity index (χ0v) is 8.40. The minimum Gasteiger partial charge on any atom is -0.271 e. The molecule has 0 saturated heterocycles. The van der Waals surface area contributed by atoms with Crippen molar-refractivity contribution < 1.29 is 18.0 Å². The Morgan fingerprint density at radius 3 is 2.40 bits per heavy atom. The Bertz CT molecular complexity index is 500. The van der Waals surface area contributed by atoms with Crippen LogP contribution in [0.4, 0.5) is 0 Å². The Balaban J connectivity index is 2.95. The normalized spacial score (nSPS) is 10.4. The highest BCUT2D eigenvalue weighted by atomic mass is 32.2. The number of hydrogen-bond acceptors (Lipinski definition) is 4. The van der Waals surface area contributed by atoms with Crippen LogP contribution in [0.1, 0.15) is 0 Å². The lowest BCUT2D eigenvalue weighted by atomic mass is 10.4. The summed E-state index contributed by atoms with van der Waals surface area (Å²) < 4.78 is 23.0. The van der Waals surface area contributed by atoms with Crippen molar-refractivity contribution in [3.8, 4) is 0 Å². The third-order valence-electron chi connectivity index (χ3n) is 1.59. The molecule has 0 aromatic heterocycles. The van der Waals surface area contributed by atoms with E-state index in [0.29, 0.717) is 0 Å². The standard InChI is InChI=1S/C9H7NO4S/c11-7-10-9(12)6-15(13,14)8-4-2-1-3-5-8/h1-5H,6H2. The maximum atomic E-state index is 11.5. The molecular formula is C9H7NO4S. The van der Waals surface area contributed by atoms with Gasteiger partial charge in [0.15, 0.2) is 9.84 Å². The highest BCUT2D eigenvalue weighted by Crippen LogP contribution is 2.09. The molecule has 0 heterocycles. The van der Waals surface area contributed by atoms with Crippen molar-refractivity contribution >= 4 is 21.8 Å². The van der Waals surface area contributed by atoms with Crippen LogP contribution in [0.5, 0.6) is 0 Å². The molecule has 1 rings (SSSR count). The van der Waals surface area contributed by atoms with Gasteiger partial charge in [0.25, 0.3) is 5.91 Å². The van der Waals surface area contributed by atoms with E-state index in [4.69, 9.17) is 0 Å². The fourth-order valence-corrected chi connectivity index (χ4v) is 2.09. The lowest BCUT2D eigenvalue weighted by Crippen LogP contribution is -2.14. The molecule has 0 bridgehead atoms. The molecular weight excluding hydrogens is 218 g/mol. The molecule has 1 aromatic rings. The average Bonchev–Trinajstić information content (AvgIpc) is 2.18. The van der Waals surface area contributed by atoms with Crippen LogP contribution >= 0.6 is 0 Å². The van der Waals surface area contributed by atoms with Crippen LogP contribution in [-0.2, 0) is 19.4 Å². The quantitative estimate of drug-likeness (QED) is 0.548. The van der Waals surface area contributed by atoms with Crippen LogP contribution in [0, 0.1) is 0 Å². The first-order valence-corrected chi connectivity index (χ1v) is 5.60. The first-order valence-electron chi connectivity index (χ1n) is 3.95. The number of carbonyl (C=O) groups excluding carboxylic acids is 2. The predicted molar refractivity (Wildman–Crippen MR) is 51.6 cm³/mol. The van der Waals surface area contributed by atoms with E-state index in [0.717, 1.165) is 6.08 Å². The van der Waals surface area contributed by atoms with Gasteiger partial charge in [-0.05, 0) is 12.1 Å². The Hall–Kier alpha value is -1.78. The number of benzene rings is 1. The molecule has 0 atom stereocenters. The minimum absolute atomic E-state index is 0.0273. The number of isocyanates is 1. The molecule has 0 aliphatic heterocycles. The third-order valence-corrected chi connectivity index (χ3v) is 3.20. The summed E-state index contributed by atoms with van der Waals surface area (Å²) in [6.45, 7) is 0. The Kier molecular flexibility index (Phi) is 3.49. The van der Waals surface area contributed by atoms with Crippen LogP contribution in [0.2, 0.25) is 0 Å². The number of sulfone groups is 1. The van der Waals surface area contributed by atoms with Crippen LogP contribution in [0.25, 0.3) is 0 Å². The highest BCUT2D eigenvalue weighted by molar-refractivity contribution is 7.92. The Morgan fingerprint density at radius 2 is 1.87 bits per heavy atom. The van der Waals surface area contributed by atoms with Gasteiger partial charge in [-0.3, -0.25) is 4.79 Å². The number of rotatable bonds is 3. The van der Waals surface area contributed by atoms with E-state index in [1.165, 1.54) is 12.1 Å². The lowest BCUT2D eigenvalue weighted by Gasteiger charge is -1.99. The molecule has 0 aliphatic carbocycles. The summed E-state index contributed by atoms with van der Waals surface area (Å²) in [5.74, 6) is -1.83. The molecule has 15 heavy (non-hydrogen) atoms. The molecule has 78 valence electrons. The zero-order chi connectivity index (χ0) is 11.3. The van der Waals surface area contributed by atoms with Gasteiger partial charge in [-0.15, -0.1) is 4.99 Å². The van der Waals surface area contributed by atoms with Gasteiger partial charge in [-0.25, -0.2) is 13.2 Å². The number of hydrogen-bond donors (Lipinski definition) is 0. The number of aliphatic imine (C=N–C) groups is 1. The number of carbonyl (C=O) groups is 1. The maximum absolute atomic E-state index is 11.5. The second-order valence-electron chi connectivity index (χ2n) is 2.67. The van der Waals surface area contributed by atoms with E-state index < -0.39 is 21.5 Å². The molecule has 0 spiro atoms. The average molecular weight is 225 g/mol. The lowest BCUT2D eigenvalue weighted by molar-refractivity contribution is -0.115. The Morgan fingerprint density at radius 1 is 1.27 bits per heavy atom. The summed E-state index contributed by atoms with van der Waals surface area (Å²) in [4.78, 5) is 23.3. The maximum Gasteiger partial charge on any atom is 0.271 e. The van der Waals surface area contributed by atoms with E-state index in [2.05, 4.69) is 4.99 Å². The van der Waals surface area contributed by atoms with Gasteiger partial charge >= 0.3 is 0 Å². The first-order chi connectivity index (χ1) is 7.06. The highest BCUT2D eigenvalue weighted by Gasteiger charge is 2.18. The van der Waals surface area contributed by atoms with Crippen molar-refractivity contribution in [2.45, 2.75) is 4.90 Å². The van der Waals surface area contributed by atoms with Gasteiger partial charge in [0.1, 0.15) is 5.75 Å². The summed E-state index contributed by atoms with van der Waals surface area (Å²) >= 11 is 0. The molecule has 0 saturated carbocycles. The predicted octanol–water partition coefficient (Wildman–Crippen LogP) is 0.323. The van der Waals surface area contributed by atoms with Gasteiger partial charge in [0, 0.05) is 0 Å². The van der Waals surface area contributed by atoms with Crippen molar-refractivity contribution in [3.05, 3.63) is 30.3 Å². The fourth-order valence-electron chi connectivity index (χ4n) is 0.957. The second-order valence-corrected chi connectivity index (χ2v) is 4.66. The summed E-state index contributed by atoms with van der Waals surface area (Å²) in [6, 6.07) is 7.48. The van der Waals surface area contributed by atoms with Gasteiger partial charge < -0.3 is 0 Å². The van der Waals surface area contributed by atoms with E-state index in [1.54, 1.807) is 18.2 Å². The second kappa shape index (κ2) is 4.63. The van der Waals surface area contributed by atoms with Crippen LogP contribution in [0.3, 0.4) is 0 Å². The van der Waals surface area contributed by atoms with Crippen molar-refractivity contribution in [1.82, 2.24) is 0 Å². The molecule has 6 heteroatoms. The van der Waals surface area contributed by atoms with Crippen molar-refractivity contribution in [1.29, 1.82) is 0 Å². The molecule has 1 amide bonds. The zero-order valence-electron chi connectivity index (χ0n) is 7.58. The van der Waals surface area contributed by atoms with Crippen molar-refractivity contribution in [2.75, 3.05) is 5.75 Å². The first kappa shape index (κ1) is 11.3. The van der Waals surface area contributed by atoms with Crippen LogP contribution in [-0.4, -0.2) is 26.2 Å². The van der Waals surface area contributed by atoms with Crippen LogP contribution < -0.4 is 0 Å². The van der Waals surface area contributed by atoms with Gasteiger partial charge in [-0.1, -0.05) is 18.2 Å². The SMILES string of the molecule is O=C=NC(=O)CS(=O)(=O)c1ccccc1. The Labute approximate surface area is 86.4 Å². The topological polar surface area (TPSA) is 80.6 Å². The molecule has 0 unspecified atom stereocenters. The molecule has 0 fully saturated rings. The number of amides is 1. The summed E-state index contributed by atoms with van der Waals surface area (Å²) in [6.07, 6.45) is 1.00. The summed E-state index contributed by atoms with van der Waals surface area (Å²) in [5.41, 5.74) is 0. The minimum atomic E-state index is -3.70. The van der Waals surface area contributed by atoms with Gasteiger partial charge in [0.2, 0.25) is 6.08 Å². The van der Waals surface area contributed by atoms with Crippen molar-refractivity contribution in [2.24, 2.45) is 4.99 Å². The molecule has 0 N–H and O–H groups in total. The summed E-state index contributed by atoms with van der Waals surface area (Å²) in [7, 11) is -3.70. The molecule has 0 aliphatic rings. The van der Waals surface area contributed by atoms with Crippen LogP contribution in [0.15, 0.2) is 40.2 Å². The molecule has 5 nitrogen and oxygen atoms in total. The molecule has 0 radical (unpaired) electrons. The van der Waals surface area contributed by atoms with Gasteiger partial charge in [0.05, 0.1) is 4.90 Å². The van der Waals surface area contributed by atoms with E-state index in [-0.39, 0.29) is 4.90 Å². The van der Waals surface area contributed by atoms with E-state index >= 15 is 0 Å². The monoisotopic (exact) mass is 225 g/mol. The van der Waals surface area contributed by atoms with Gasteiger partial charge in [-0.2, -0.15) is 0 Å².